The first kappa shape index (κ1) is 20.9. The maximum Gasteiger partial charge on any atom is 0.416 e. The van der Waals surface area contributed by atoms with Crippen molar-refractivity contribution < 1.29 is 26.3 Å². The van der Waals surface area contributed by atoms with Crippen LogP contribution in [0.2, 0.25) is 10.0 Å². The van der Waals surface area contributed by atoms with Gasteiger partial charge in [-0.05, 0) is 60.2 Å². The predicted molar refractivity (Wildman–Crippen MR) is 89.8 cm³/mol. The molecule has 0 radical (unpaired) electrons. The third-order valence-electron chi connectivity index (χ3n) is 4.08. The Hall–Kier alpha value is -1.40. The van der Waals surface area contributed by atoms with Crippen molar-refractivity contribution in [3.8, 4) is 0 Å². The molecule has 2 aromatic rings. The van der Waals surface area contributed by atoms with Gasteiger partial charge in [0.1, 0.15) is 0 Å². The lowest BCUT2D eigenvalue weighted by molar-refractivity contribution is -0.138. The van der Waals surface area contributed by atoms with Crippen molar-refractivity contribution in [3.63, 3.8) is 0 Å². The highest BCUT2D eigenvalue weighted by atomic mass is 35.5. The molecule has 0 saturated carbocycles. The van der Waals surface area contributed by atoms with E-state index in [9.17, 15) is 26.3 Å². The molecule has 0 N–H and O–H groups in total. The zero-order chi connectivity index (χ0) is 19.9. The van der Waals surface area contributed by atoms with Crippen LogP contribution >= 0.6 is 23.2 Å². The zero-order valence-corrected chi connectivity index (χ0v) is 15.2. The predicted octanol–water partition coefficient (Wildman–Crippen LogP) is 7.69. The fourth-order valence-corrected chi connectivity index (χ4v) is 3.38. The van der Waals surface area contributed by atoms with Gasteiger partial charge < -0.3 is 0 Å². The number of aryl methyl sites for hydroxylation is 1. The van der Waals surface area contributed by atoms with E-state index >= 15 is 0 Å². The summed E-state index contributed by atoms with van der Waals surface area (Å²) in [5.41, 5.74) is -1.71. The lowest BCUT2D eigenvalue weighted by atomic mass is 9.89. The van der Waals surface area contributed by atoms with Gasteiger partial charge in [-0.25, -0.2) is 0 Å². The summed E-state index contributed by atoms with van der Waals surface area (Å²) in [4.78, 5) is 0. The Morgan fingerprint density at radius 2 is 1.46 bits per heavy atom. The van der Waals surface area contributed by atoms with Crippen LogP contribution in [0.1, 0.15) is 40.7 Å². The zero-order valence-electron chi connectivity index (χ0n) is 13.7. The minimum absolute atomic E-state index is 0.0408. The van der Waals surface area contributed by atoms with Crippen molar-refractivity contribution in [1.29, 1.82) is 0 Å². The molecule has 0 spiro atoms. The second kappa shape index (κ2) is 7.31. The van der Waals surface area contributed by atoms with Gasteiger partial charge in [-0.2, -0.15) is 26.3 Å². The van der Waals surface area contributed by atoms with E-state index in [2.05, 4.69) is 0 Å². The van der Waals surface area contributed by atoms with Crippen molar-refractivity contribution in [2.75, 3.05) is 0 Å². The molecular weight excluding hydrogens is 401 g/mol. The number of rotatable bonds is 3. The maximum absolute atomic E-state index is 13.2. The molecule has 2 aromatic carbocycles. The Bertz CT molecular complexity index is 809. The number of alkyl halides is 6. The summed E-state index contributed by atoms with van der Waals surface area (Å²) < 4.78 is 78.9. The fourth-order valence-electron chi connectivity index (χ4n) is 2.80. The lowest BCUT2D eigenvalue weighted by Gasteiger charge is -2.20. The van der Waals surface area contributed by atoms with E-state index in [1.54, 1.807) is 0 Å². The molecule has 0 fully saturated rings. The van der Waals surface area contributed by atoms with Crippen molar-refractivity contribution in [2.45, 2.75) is 38.5 Å². The highest BCUT2D eigenvalue weighted by molar-refractivity contribution is 6.31. The van der Waals surface area contributed by atoms with E-state index < -0.39 is 29.4 Å². The van der Waals surface area contributed by atoms with E-state index in [4.69, 9.17) is 23.2 Å². The van der Waals surface area contributed by atoms with Gasteiger partial charge in [0.05, 0.1) is 11.1 Å². The Labute approximate surface area is 156 Å². The van der Waals surface area contributed by atoms with Gasteiger partial charge in [-0.3, -0.25) is 0 Å². The molecule has 0 bridgehead atoms. The molecule has 1 atom stereocenters. The summed E-state index contributed by atoms with van der Waals surface area (Å²) in [6, 6.07) is 5.45. The normalized spacial score (nSPS) is 13.8. The molecule has 8 heteroatoms. The largest absolute Gasteiger partial charge is 0.416 e. The molecule has 26 heavy (non-hydrogen) atoms. The van der Waals surface area contributed by atoms with Crippen molar-refractivity contribution in [2.24, 2.45) is 0 Å². The second-order valence-electron chi connectivity index (χ2n) is 6.09. The van der Waals surface area contributed by atoms with Gasteiger partial charge in [0, 0.05) is 10.0 Å². The van der Waals surface area contributed by atoms with E-state index in [0.717, 1.165) is 12.1 Å². The fraction of sp³-hybridized carbons (Fsp3) is 0.333. The van der Waals surface area contributed by atoms with Gasteiger partial charge in [0.25, 0.3) is 0 Å². The standard InChI is InChI=1S/C18H14Cl2F6/c1-9(5-11-3-4-12(19)7-15(11)18(24,25)26)13-8-14(17(21,22)23)10(2)6-16(13)20/h3-4,6-9H,5H2,1-2H3. The first-order valence-electron chi connectivity index (χ1n) is 7.53. The van der Waals surface area contributed by atoms with Crippen LogP contribution in [0.25, 0.3) is 0 Å². The molecule has 2 rings (SSSR count). The third kappa shape index (κ3) is 4.65. The van der Waals surface area contributed by atoms with Crippen LogP contribution < -0.4 is 0 Å². The molecule has 0 saturated heterocycles. The third-order valence-corrected chi connectivity index (χ3v) is 4.65. The molecule has 1 unspecified atom stereocenters. The molecule has 0 nitrogen and oxygen atoms in total. The highest BCUT2D eigenvalue weighted by Crippen LogP contribution is 2.39. The van der Waals surface area contributed by atoms with Crippen LogP contribution in [0.15, 0.2) is 30.3 Å². The van der Waals surface area contributed by atoms with Crippen LogP contribution in [-0.2, 0) is 18.8 Å². The molecular formula is C18H14Cl2F6. The molecule has 0 aromatic heterocycles. The summed E-state index contributed by atoms with van der Waals surface area (Å²) in [5.74, 6) is -0.661. The topological polar surface area (TPSA) is 0 Å². The number of hydrogen-bond acceptors (Lipinski definition) is 0. The SMILES string of the molecule is Cc1cc(Cl)c(C(C)Cc2ccc(Cl)cc2C(F)(F)F)cc1C(F)(F)F. The maximum atomic E-state index is 13.2. The Morgan fingerprint density at radius 3 is 2.00 bits per heavy atom. The molecule has 0 heterocycles. The number of benzene rings is 2. The average Bonchev–Trinajstić information content (AvgIpc) is 2.46. The summed E-state index contributed by atoms with van der Waals surface area (Å²) in [7, 11) is 0. The number of hydrogen-bond donors (Lipinski definition) is 0. The average molecular weight is 415 g/mol. The van der Waals surface area contributed by atoms with Gasteiger partial charge in [0.2, 0.25) is 0 Å². The van der Waals surface area contributed by atoms with Crippen LogP contribution in [0.4, 0.5) is 26.3 Å². The van der Waals surface area contributed by atoms with Gasteiger partial charge in [0.15, 0.2) is 0 Å². The summed E-state index contributed by atoms with van der Waals surface area (Å²) in [6.07, 6.45) is -9.32. The minimum Gasteiger partial charge on any atom is -0.166 e. The molecule has 0 aliphatic rings. The van der Waals surface area contributed by atoms with Crippen LogP contribution in [0, 0.1) is 6.92 Å². The smallest absolute Gasteiger partial charge is 0.166 e. The summed E-state index contributed by atoms with van der Waals surface area (Å²) in [5, 5.41) is 0.0203. The minimum atomic E-state index is -4.62. The van der Waals surface area contributed by atoms with Crippen LogP contribution in [0.5, 0.6) is 0 Å². The van der Waals surface area contributed by atoms with Crippen LogP contribution in [-0.4, -0.2) is 0 Å². The van der Waals surface area contributed by atoms with E-state index in [1.165, 1.54) is 32.0 Å². The van der Waals surface area contributed by atoms with E-state index in [-0.39, 0.29) is 33.2 Å². The first-order chi connectivity index (χ1) is 11.8. The molecule has 142 valence electrons. The van der Waals surface area contributed by atoms with Gasteiger partial charge in [-0.15, -0.1) is 0 Å². The van der Waals surface area contributed by atoms with Crippen molar-refractivity contribution in [1.82, 2.24) is 0 Å². The molecule has 0 aliphatic heterocycles. The number of halogens is 8. The van der Waals surface area contributed by atoms with E-state index in [1.807, 2.05) is 0 Å². The highest BCUT2D eigenvalue weighted by Gasteiger charge is 2.35. The molecule has 0 amide bonds. The summed E-state index contributed by atoms with van der Waals surface area (Å²) >= 11 is 11.7. The summed E-state index contributed by atoms with van der Waals surface area (Å²) in [6.45, 7) is 2.82. The van der Waals surface area contributed by atoms with E-state index in [0.29, 0.717) is 0 Å². The van der Waals surface area contributed by atoms with Crippen LogP contribution in [0.3, 0.4) is 0 Å². The van der Waals surface area contributed by atoms with Gasteiger partial charge >= 0.3 is 12.4 Å². The Balaban J connectivity index is 2.45. The monoisotopic (exact) mass is 414 g/mol. The first-order valence-corrected chi connectivity index (χ1v) is 8.29. The van der Waals surface area contributed by atoms with Gasteiger partial charge in [-0.1, -0.05) is 36.2 Å². The van der Waals surface area contributed by atoms with Crippen molar-refractivity contribution in [3.05, 3.63) is 68.2 Å². The quantitative estimate of drug-likeness (QED) is 0.451. The van der Waals surface area contributed by atoms with Crippen molar-refractivity contribution >= 4 is 23.2 Å². The Kier molecular flexibility index (Phi) is 5.88. The second-order valence-corrected chi connectivity index (χ2v) is 6.93. The molecule has 0 aliphatic carbocycles. The Morgan fingerprint density at radius 1 is 0.885 bits per heavy atom. The lowest BCUT2D eigenvalue weighted by Crippen LogP contribution is -2.13.